The van der Waals surface area contributed by atoms with Crippen LogP contribution in [-0.4, -0.2) is 25.0 Å². The number of ether oxygens (including phenoxy) is 2. The summed E-state index contributed by atoms with van der Waals surface area (Å²) in [6.07, 6.45) is 0. The second-order valence-corrected chi connectivity index (χ2v) is 7.27. The van der Waals surface area contributed by atoms with Crippen LogP contribution < -0.4 is 20.1 Å². The average molecular weight is 440 g/mol. The molecule has 0 heterocycles. The van der Waals surface area contributed by atoms with Crippen molar-refractivity contribution in [2.75, 3.05) is 23.8 Å². The predicted octanol–water partition coefficient (Wildman–Crippen LogP) is 5.51. The van der Waals surface area contributed by atoms with Gasteiger partial charge in [0, 0.05) is 16.6 Å². The molecular formula is C27H24N2O4. The van der Waals surface area contributed by atoms with Crippen molar-refractivity contribution in [1.29, 1.82) is 0 Å². The fourth-order valence-electron chi connectivity index (χ4n) is 3.42. The molecule has 0 bridgehead atoms. The van der Waals surface area contributed by atoms with E-state index in [1.54, 1.807) is 36.4 Å². The Balaban J connectivity index is 1.34. The predicted molar refractivity (Wildman–Crippen MR) is 130 cm³/mol. The maximum atomic E-state index is 12.6. The van der Waals surface area contributed by atoms with Crippen LogP contribution in [0.15, 0.2) is 91.0 Å². The molecule has 4 aromatic carbocycles. The van der Waals surface area contributed by atoms with Gasteiger partial charge in [0.2, 0.25) is 0 Å². The molecule has 6 heteroatoms. The van der Waals surface area contributed by atoms with Crippen molar-refractivity contribution in [3.63, 3.8) is 0 Å². The van der Waals surface area contributed by atoms with Crippen LogP contribution in [-0.2, 0) is 4.79 Å². The normalized spacial score (nSPS) is 10.5. The number of carbonyl (C=O) groups excluding carboxylic acids is 2. The summed E-state index contributed by atoms with van der Waals surface area (Å²) in [7, 11) is 0. The zero-order valence-electron chi connectivity index (χ0n) is 18.2. The second kappa shape index (κ2) is 10.3. The minimum Gasteiger partial charge on any atom is -0.492 e. The number of rotatable bonds is 8. The van der Waals surface area contributed by atoms with Gasteiger partial charge in [-0.25, -0.2) is 0 Å². The average Bonchev–Trinajstić information content (AvgIpc) is 2.85. The van der Waals surface area contributed by atoms with Crippen LogP contribution in [0.5, 0.6) is 11.5 Å². The van der Waals surface area contributed by atoms with E-state index < -0.39 is 0 Å². The molecule has 33 heavy (non-hydrogen) atoms. The quantitative estimate of drug-likeness (QED) is 0.379. The van der Waals surface area contributed by atoms with Gasteiger partial charge in [0.1, 0.15) is 11.5 Å². The number of carbonyl (C=O) groups is 2. The molecular weight excluding hydrogens is 416 g/mol. The van der Waals surface area contributed by atoms with Crippen molar-refractivity contribution in [3.8, 4) is 11.5 Å². The monoisotopic (exact) mass is 440 g/mol. The van der Waals surface area contributed by atoms with E-state index in [-0.39, 0.29) is 18.4 Å². The van der Waals surface area contributed by atoms with Gasteiger partial charge in [-0.15, -0.1) is 0 Å². The molecule has 0 aliphatic rings. The highest BCUT2D eigenvalue weighted by Crippen LogP contribution is 2.25. The number of amides is 2. The van der Waals surface area contributed by atoms with Crippen molar-refractivity contribution in [3.05, 3.63) is 96.6 Å². The first-order valence-electron chi connectivity index (χ1n) is 10.7. The van der Waals surface area contributed by atoms with E-state index in [1.807, 2.05) is 61.5 Å². The number of anilines is 2. The fourth-order valence-corrected chi connectivity index (χ4v) is 3.42. The molecule has 0 aromatic heterocycles. The first-order chi connectivity index (χ1) is 16.1. The molecule has 0 unspecified atom stereocenters. The van der Waals surface area contributed by atoms with E-state index in [4.69, 9.17) is 9.47 Å². The molecule has 0 aliphatic carbocycles. The van der Waals surface area contributed by atoms with Crippen LogP contribution in [0.4, 0.5) is 11.4 Å². The van der Waals surface area contributed by atoms with Crippen molar-refractivity contribution < 1.29 is 19.1 Å². The minimum absolute atomic E-state index is 0.142. The Kier molecular flexibility index (Phi) is 6.85. The van der Waals surface area contributed by atoms with Crippen molar-refractivity contribution in [2.24, 2.45) is 0 Å². The highest BCUT2D eigenvalue weighted by Gasteiger charge is 2.11. The topological polar surface area (TPSA) is 76.7 Å². The number of nitrogens with one attached hydrogen (secondary N) is 2. The van der Waals surface area contributed by atoms with E-state index in [2.05, 4.69) is 10.6 Å². The van der Waals surface area contributed by atoms with Crippen LogP contribution in [0, 0.1) is 0 Å². The molecule has 0 radical (unpaired) electrons. The van der Waals surface area contributed by atoms with E-state index in [1.165, 1.54) is 0 Å². The summed E-state index contributed by atoms with van der Waals surface area (Å²) < 4.78 is 11.1. The van der Waals surface area contributed by atoms with Gasteiger partial charge in [-0.1, -0.05) is 48.5 Å². The van der Waals surface area contributed by atoms with Gasteiger partial charge in [0.25, 0.3) is 11.8 Å². The Hall–Kier alpha value is -4.32. The molecule has 0 fully saturated rings. The lowest BCUT2D eigenvalue weighted by atomic mass is 10.1. The first kappa shape index (κ1) is 21.9. The fraction of sp³-hybridized carbons (Fsp3) is 0.111. The van der Waals surface area contributed by atoms with E-state index in [0.717, 1.165) is 16.5 Å². The second-order valence-electron chi connectivity index (χ2n) is 7.27. The van der Waals surface area contributed by atoms with Gasteiger partial charge in [0.15, 0.2) is 6.61 Å². The molecule has 0 aliphatic heterocycles. The Morgan fingerprint density at radius 1 is 0.727 bits per heavy atom. The molecule has 0 saturated carbocycles. The van der Waals surface area contributed by atoms with Crippen LogP contribution in [0.2, 0.25) is 0 Å². The van der Waals surface area contributed by atoms with Gasteiger partial charge < -0.3 is 20.1 Å². The zero-order chi connectivity index (χ0) is 23.0. The number of benzene rings is 4. The molecule has 4 aromatic rings. The summed E-state index contributed by atoms with van der Waals surface area (Å²) in [4.78, 5) is 25.0. The summed E-state index contributed by atoms with van der Waals surface area (Å²) in [5, 5.41) is 7.76. The molecule has 6 nitrogen and oxygen atoms in total. The Bertz CT molecular complexity index is 1260. The zero-order valence-corrected chi connectivity index (χ0v) is 18.2. The number of hydrogen-bond donors (Lipinski definition) is 2. The lowest BCUT2D eigenvalue weighted by Crippen LogP contribution is -2.20. The molecule has 2 amide bonds. The smallest absolute Gasteiger partial charge is 0.262 e. The van der Waals surface area contributed by atoms with Gasteiger partial charge in [0.05, 0.1) is 12.3 Å². The lowest BCUT2D eigenvalue weighted by Gasteiger charge is -2.12. The largest absolute Gasteiger partial charge is 0.492 e. The van der Waals surface area contributed by atoms with Crippen molar-refractivity contribution in [1.82, 2.24) is 0 Å². The summed E-state index contributed by atoms with van der Waals surface area (Å²) in [5.74, 6) is 0.586. The number of para-hydroxylation sites is 2. The highest BCUT2D eigenvalue weighted by molar-refractivity contribution is 6.05. The van der Waals surface area contributed by atoms with E-state index in [9.17, 15) is 9.59 Å². The Morgan fingerprint density at radius 2 is 1.42 bits per heavy atom. The summed E-state index contributed by atoms with van der Waals surface area (Å²) in [6.45, 7) is 2.25. The van der Waals surface area contributed by atoms with E-state index >= 15 is 0 Å². The third kappa shape index (κ3) is 5.49. The molecule has 0 saturated heterocycles. The number of hydrogen-bond acceptors (Lipinski definition) is 4. The maximum absolute atomic E-state index is 12.6. The highest BCUT2D eigenvalue weighted by atomic mass is 16.5. The van der Waals surface area contributed by atoms with Gasteiger partial charge in [-0.3, -0.25) is 9.59 Å². The summed E-state index contributed by atoms with van der Waals surface area (Å²) in [5.41, 5.74) is 1.81. The first-order valence-corrected chi connectivity index (χ1v) is 10.7. The lowest BCUT2D eigenvalue weighted by molar-refractivity contribution is -0.118. The third-order valence-corrected chi connectivity index (χ3v) is 4.99. The van der Waals surface area contributed by atoms with Gasteiger partial charge >= 0.3 is 0 Å². The molecule has 0 atom stereocenters. The van der Waals surface area contributed by atoms with E-state index in [0.29, 0.717) is 29.4 Å². The standard InChI is InChI=1S/C27H24N2O4/c1-2-32-25-13-6-5-11-24(25)29-27(31)20-14-16-21(17-15-20)33-18-26(30)28-23-12-7-9-19-8-3-4-10-22(19)23/h3-17H,2,18H2,1H3,(H,28,30)(H,29,31). The molecule has 0 spiro atoms. The minimum atomic E-state index is -0.263. The number of fused-ring (bicyclic) bond motifs is 1. The molecule has 166 valence electrons. The molecule has 4 rings (SSSR count). The third-order valence-electron chi connectivity index (χ3n) is 4.99. The van der Waals surface area contributed by atoms with Crippen molar-refractivity contribution >= 4 is 34.0 Å². The van der Waals surface area contributed by atoms with Crippen LogP contribution in [0.3, 0.4) is 0 Å². The van der Waals surface area contributed by atoms with Crippen LogP contribution >= 0.6 is 0 Å². The van der Waals surface area contributed by atoms with Gasteiger partial charge in [-0.05, 0) is 54.8 Å². The SMILES string of the molecule is CCOc1ccccc1NC(=O)c1ccc(OCC(=O)Nc2cccc3ccccc23)cc1. The summed E-state index contributed by atoms with van der Waals surface area (Å²) >= 11 is 0. The summed E-state index contributed by atoms with van der Waals surface area (Å²) in [6, 6.07) is 27.5. The molecule has 2 N–H and O–H groups in total. The Morgan fingerprint density at radius 3 is 2.24 bits per heavy atom. The maximum Gasteiger partial charge on any atom is 0.262 e. The Labute approximate surface area is 192 Å². The van der Waals surface area contributed by atoms with Crippen LogP contribution in [0.1, 0.15) is 17.3 Å². The van der Waals surface area contributed by atoms with Crippen molar-refractivity contribution in [2.45, 2.75) is 6.92 Å². The van der Waals surface area contributed by atoms with Gasteiger partial charge in [-0.2, -0.15) is 0 Å². The van der Waals surface area contributed by atoms with Crippen LogP contribution in [0.25, 0.3) is 10.8 Å².